The van der Waals surface area contributed by atoms with Gasteiger partial charge in [0.25, 0.3) is 0 Å². The molecule has 3 heterocycles. The van der Waals surface area contributed by atoms with Crippen LogP contribution in [0.15, 0.2) is 45.9 Å². The number of rotatable bonds is 7. The van der Waals surface area contributed by atoms with Gasteiger partial charge in [0.1, 0.15) is 11.6 Å². The third-order valence-corrected chi connectivity index (χ3v) is 10.3. The summed E-state index contributed by atoms with van der Waals surface area (Å²) in [5.74, 6) is -0.427. The second-order valence-electron chi connectivity index (χ2n) is 8.36. The van der Waals surface area contributed by atoms with Crippen molar-refractivity contribution in [2.75, 3.05) is 31.1 Å². The maximum atomic E-state index is 13.6. The lowest BCUT2D eigenvalue weighted by Gasteiger charge is -2.28. The number of hydrogen-bond acceptors (Lipinski definition) is 7. The van der Waals surface area contributed by atoms with Crippen molar-refractivity contribution in [2.24, 2.45) is 0 Å². The highest BCUT2D eigenvalue weighted by atomic mass is 32.2. The van der Waals surface area contributed by atoms with E-state index in [1.807, 2.05) is 12.1 Å². The van der Waals surface area contributed by atoms with Gasteiger partial charge in [-0.05, 0) is 68.8 Å². The summed E-state index contributed by atoms with van der Waals surface area (Å²) in [5.41, 5.74) is 0.207. The van der Waals surface area contributed by atoms with E-state index in [-0.39, 0.29) is 22.3 Å². The van der Waals surface area contributed by atoms with Crippen molar-refractivity contribution in [3.05, 3.63) is 53.7 Å². The number of halogens is 1. The van der Waals surface area contributed by atoms with E-state index in [1.54, 1.807) is 6.26 Å². The Hall–Kier alpha value is -1.75. The van der Waals surface area contributed by atoms with Crippen molar-refractivity contribution in [1.29, 1.82) is 0 Å². The minimum atomic E-state index is -3.96. The molecule has 0 saturated carbocycles. The molecule has 10 heteroatoms. The highest BCUT2D eigenvalue weighted by Crippen LogP contribution is 2.29. The minimum Gasteiger partial charge on any atom is -0.468 e. The van der Waals surface area contributed by atoms with Gasteiger partial charge in [0.15, 0.2) is 19.7 Å². The first-order valence-electron chi connectivity index (χ1n) is 10.4. The molecule has 2 aliphatic rings. The molecule has 2 aliphatic heterocycles. The van der Waals surface area contributed by atoms with Crippen molar-refractivity contribution in [1.82, 2.24) is 10.2 Å². The third kappa shape index (κ3) is 4.72. The van der Waals surface area contributed by atoms with Gasteiger partial charge in [0, 0.05) is 12.6 Å². The minimum absolute atomic E-state index is 0.0533. The Morgan fingerprint density at radius 2 is 1.97 bits per heavy atom. The van der Waals surface area contributed by atoms with Crippen LogP contribution in [-0.4, -0.2) is 64.2 Å². The largest absolute Gasteiger partial charge is 0.468 e. The molecule has 0 radical (unpaired) electrons. The van der Waals surface area contributed by atoms with E-state index in [0.29, 0.717) is 6.54 Å². The fourth-order valence-electron chi connectivity index (χ4n) is 4.49. The summed E-state index contributed by atoms with van der Waals surface area (Å²) in [6.45, 7) is 3.68. The van der Waals surface area contributed by atoms with Crippen molar-refractivity contribution in [3.63, 3.8) is 0 Å². The molecule has 3 atom stereocenters. The summed E-state index contributed by atoms with van der Waals surface area (Å²) < 4.78 is 70.6. The predicted octanol–water partition coefficient (Wildman–Crippen LogP) is 2.09. The standard InChI is InChI=1S/C21H27FN2O5S2/c1-15-11-16(6-7-17(15)22)31(27,28)21-14-30(25,26)13-18(21)23-12-19(20-5-4-10-29-20)24-8-2-3-9-24/h4-7,10-11,18-19,21,23H,2-3,8-9,12-14H2,1H3/t18-,19?,21-/m0/s1. The molecule has 1 unspecified atom stereocenters. The molecule has 2 fully saturated rings. The summed E-state index contributed by atoms with van der Waals surface area (Å²) in [6, 6.07) is 6.42. The zero-order valence-corrected chi connectivity index (χ0v) is 19.0. The van der Waals surface area contributed by atoms with Gasteiger partial charge in [0.2, 0.25) is 0 Å². The van der Waals surface area contributed by atoms with Crippen LogP contribution >= 0.6 is 0 Å². The quantitative estimate of drug-likeness (QED) is 0.619. The normalized spacial score (nSPS) is 25.1. The monoisotopic (exact) mass is 470 g/mol. The Morgan fingerprint density at radius 1 is 1.23 bits per heavy atom. The second kappa shape index (κ2) is 8.65. The van der Waals surface area contributed by atoms with Crippen molar-refractivity contribution in [3.8, 4) is 0 Å². The Labute approximate surface area is 182 Å². The Balaban J connectivity index is 1.57. The Bertz CT molecular complexity index is 1130. The molecule has 1 aromatic heterocycles. The Kier molecular flexibility index (Phi) is 6.26. The zero-order chi connectivity index (χ0) is 22.2. The lowest BCUT2D eigenvalue weighted by atomic mass is 10.1. The summed E-state index contributed by atoms with van der Waals surface area (Å²) in [5, 5.41) is 2.09. The van der Waals surface area contributed by atoms with E-state index >= 15 is 0 Å². The predicted molar refractivity (Wildman–Crippen MR) is 115 cm³/mol. The van der Waals surface area contributed by atoms with Crippen molar-refractivity contribution in [2.45, 2.75) is 42.0 Å². The molecule has 0 bridgehead atoms. The van der Waals surface area contributed by atoms with Crippen LogP contribution < -0.4 is 5.32 Å². The molecule has 0 spiro atoms. The van der Waals surface area contributed by atoms with Crippen LogP contribution in [0.2, 0.25) is 0 Å². The first kappa shape index (κ1) is 22.4. The van der Waals surface area contributed by atoms with Crippen LogP contribution in [0.5, 0.6) is 0 Å². The van der Waals surface area contributed by atoms with Crippen LogP contribution in [0.25, 0.3) is 0 Å². The van der Waals surface area contributed by atoms with Gasteiger partial charge in [-0.3, -0.25) is 4.90 Å². The van der Waals surface area contributed by atoms with Gasteiger partial charge in [-0.1, -0.05) is 0 Å². The maximum absolute atomic E-state index is 13.6. The van der Waals surface area contributed by atoms with Gasteiger partial charge < -0.3 is 9.73 Å². The van der Waals surface area contributed by atoms with Crippen LogP contribution in [0.1, 0.15) is 30.2 Å². The summed E-state index contributed by atoms with van der Waals surface area (Å²) in [7, 11) is -7.49. The molecule has 4 rings (SSSR count). The molecule has 2 aromatic rings. The van der Waals surface area contributed by atoms with E-state index in [9.17, 15) is 21.2 Å². The van der Waals surface area contributed by atoms with Crippen LogP contribution in [0.3, 0.4) is 0 Å². The average Bonchev–Trinajstić information content (AvgIpc) is 3.46. The van der Waals surface area contributed by atoms with E-state index in [1.165, 1.54) is 19.1 Å². The molecule has 7 nitrogen and oxygen atoms in total. The van der Waals surface area contributed by atoms with Gasteiger partial charge in [-0.25, -0.2) is 21.2 Å². The third-order valence-electron chi connectivity index (χ3n) is 6.18. The van der Waals surface area contributed by atoms with Crippen molar-refractivity contribution < 1.29 is 25.6 Å². The van der Waals surface area contributed by atoms with E-state index in [4.69, 9.17) is 4.42 Å². The second-order valence-corrected chi connectivity index (χ2v) is 12.7. The molecule has 0 aliphatic carbocycles. The zero-order valence-electron chi connectivity index (χ0n) is 17.3. The van der Waals surface area contributed by atoms with Crippen molar-refractivity contribution >= 4 is 19.7 Å². The molecule has 31 heavy (non-hydrogen) atoms. The first-order chi connectivity index (χ1) is 14.7. The number of furan rings is 1. The maximum Gasteiger partial charge on any atom is 0.183 e. The van der Waals surface area contributed by atoms with Gasteiger partial charge in [-0.15, -0.1) is 0 Å². The molecule has 1 N–H and O–H groups in total. The number of aryl methyl sites for hydroxylation is 1. The summed E-state index contributed by atoms with van der Waals surface area (Å²) >= 11 is 0. The van der Waals surface area contributed by atoms with Crippen LogP contribution in [0.4, 0.5) is 4.39 Å². The lowest BCUT2D eigenvalue weighted by molar-refractivity contribution is 0.206. The van der Waals surface area contributed by atoms with Gasteiger partial charge in [0.05, 0.1) is 34.0 Å². The number of nitrogens with zero attached hydrogens (tertiary/aromatic N) is 1. The van der Waals surface area contributed by atoms with E-state index in [0.717, 1.165) is 37.8 Å². The number of hydrogen-bond donors (Lipinski definition) is 1. The number of nitrogens with one attached hydrogen (secondary N) is 1. The highest BCUT2D eigenvalue weighted by molar-refractivity contribution is 7.96. The topological polar surface area (TPSA) is 96.7 Å². The number of benzene rings is 1. The molecular formula is C21H27FN2O5S2. The van der Waals surface area contributed by atoms with Gasteiger partial charge in [-0.2, -0.15) is 0 Å². The average molecular weight is 471 g/mol. The first-order valence-corrected chi connectivity index (χ1v) is 13.8. The van der Waals surface area contributed by atoms with Crippen LogP contribution in [-0.2, 0) is 19.7 Å². The SMILES string of the molecule is Cc1cc(S(=O)(=O)[C@H]2CS(=O)(=O)C[C@@H]2NCC(c2ccco2)N2CCCC2)ccc1F. The number of likely N-dealkylation sites (tertiary alicyclic amines) is 1. The Morgan fingerprint density at radius 3 is 2.61 bits per heavy atom. The lowest BCUT2D eigenvalue weighted by Crippen LogP contribution is -2.46. The molecule has 170 valence electrons. The fourth-order valence-corrected chi connectivity index (χ4v) is 9.29. The fraction of sp³-hybridized carbons (Fsp3) is 0.524. The van der Waals surface area contributed by atoms with E-state index < -0.39 is 42.5 Å². The van der Waals surface area contributed by atoms with Gasteiger partial charge >= 0.3 is 0 Å². The summed E-state index contributed by atoms with van der Waals surface area (Å²) in [4.78, 5) is 2.21. The van der Waals surface area contributed by atoms with Crippen LogP contribution in [0, 0.1) is 12.7 Å². The molecule has 2 saturated heterocycles. The molecule has 1 aromatic carbocycles. The summed E-state index contributed by atoms with van der Waals surface area (Å²) in [6.07, 6.45) is 3.76. The molecular weight excluding hydrogens is 443 g/mol. The number of sulfone groups is 2. The molecule has 0 amide bonds. The highest BCUT2D eigenvalue weighted by Gasteiger charge is 2.46. The van der Waals surface area contributed by atoms with E-state index in [2.05, 4.69) is 10.2 Å². The smallest absolute Gasteiger partial charge is 0.183 e.